The number of hydrogen-bond acceptors (Lipinski definition) is 2. The van der Waals surface area contributed by atoms with Crippen molar-refractivity contribution in [2.24, 2.45) is 0 Å². The molecule has 0 aliphatic heterocycles. The van der Waals surface area contributed by atoms with E-state index in [1.54, 1.807) is 13.0 Å². The Balaban J connectivity index is 2.61. The minimum absolute atomic E-state index is 0.132. The van der Waals surface area contributed by atoms with Gasteiger partial charge in [0.15, 0.2) is 0 Å². The molecule has 0 spiro atoms. The number of nitrogens with one attached hydrogen (secondary N) is 1. The van der Waals surface area contributed by atoms with Crippen LogP contribution >= 0.6 is 50.1 Å². The first-order valence-corrected chi connectivity index (χ1v) is 6.96. The second kappa shape index (κ2) is 5.07. The molecule has 6 heteroatoms. The number of hydrogen-bond donors (Lipinski definition) is 1. The fourth-order valence-electron chi connectivity index (χ4n) is 1.35. The molecule has 1 heterocycles. The van der Waals surface area contributed by atoms with E-state index in [2.05, 4.69) is 25.9 Å². The van der Waals surface area contributed by atoms with Crippen molar-refractivity contribution in [3.05, 3.63) is 47.3 Å². The lowest BCUT2D eigenvalue weighted by atomic mass is 10.2. The van der Waals surface area contributed by atoms with E-state index in [9.17, 15) is 4.79 Å². The van der Waals surface area contributed by atoms with Crippen LogP contribution < -0.4 is 5.56 Å². The summed E-state index contributed by atoms with van der Waals surface area (Å²) in [5.41, 5.74) is 1.37. The molecule has 0 amide bonds. The van der Waals surface area contributed by atoms with E-state index in [4.69, 9.17) is 11.6 Å². The Bertz CT molecular complexity index is 642. The normalized spacial score (nSPS) is 10.6. The third-order valence-corrected chi connectivity index (χ3v) is 4.72. The van der Waals surface area contributed by atoms with E-state index in [1.807, 2.05) is 34.7 Å². The Morgan fingerprint density at radius 3 is 2.76 bits per heavy atom. The zero-order chi connectivity index (χ0) is 12.6. The van der Waals surface area contributed by atoms with Crippen molar-refractivity contribution in [1.29, 1.82) is 0 Å². The minimum Gasteiger partial charge on any atom is -0.306 e. The third-order valence-electron chi connectivity index (χ3n) is 2.22. The SMILES string of the molecule is Cc1nc(-c2ccc(Br)c(Cl)c2)[nH]c(=O)c1I. The Labute approximate surface area is 125 Å². The van der Waals surface area contributed by atoms with Crippen molar-refractivity contribution < 1.29 is 0 Å². The molecule has 0 aliphatic rings. The van der Waals surface area contributed by atoms with Gasteiger partial charge in [0.2, 0.25) is 0 Å². The lowest BCUT2D eigenvalue weighted by molar-refractivity contribution is 1.05. The van der Waals surface area contributed by atoms with Crippen LogP contribution in [-0.4, -0.2) is 9.97 Å². The second-order valence-electron chi connectivity index (χ2n) is 3.44. The van der Waals surface area contributed by atoms with Crippen LogP contribution in [0.5, 0.6) is 0 Å². The Morgan fingerprint density at radius 2 is 2.18 bits per heavy atom. The smallest absolute Gasteiger partial charge is 0.264 e. The largest absolute Gasteiger partial charge is 0.306 e. The fourth-order valence-corrected chi connectivity index (χ4v) is 2.03. The maximum atomic E-state index is 11.6. The monoisotopic (exact) mass is 424 g/mol. The van der Waals surface area contributed by atoms with Crippen LogP contribution in [0.25, 0.3) is 11.4 Å². The quantitative estimate of drug-likeness (QED) is 0.708. The van der Waals surface area contributed by atoms with Crippen molar-refractivity contribution in [2.45, 2.75) is 6.92 Å². The van der Waals surface area contributed by atoms with Crippen molar-refractivity contribution in [1.82, 2.24) is 9.97 Å². The van der Waals surface area contributed by atoms with Crippen molar-refractivity contribution in [3.8, 4) is 11.4 Å². The molecular formula is C11H7BrClIN2O. The number of aromatic amines is 1. The molecule has 3 nitrogen and oxygen atoms in total. The molecule has 0 saturated heterocycles. The van der Waals surface area contributed by atoms with Crippen molar-refractivity contribution >= 4 is 50.1 Å². The van der Waals surface area contributed by atoms with E-state index in [0.717, 1.165) is 10.0 Å². The van der Waals surface area contributed by atoms with Crippen LogP contribution in [0.15, 0.2) is 27.5 Å². The molecule has 0 aliphatic carbocycles. The molecule has 1 aromatic heterocycles. The van der Waals surface area contributed by atoms with Gasteiger partial charge in [-0.15, -0.1) is 0 Å². The molecule has 0 unspecified atom stereocenters. The van der Waals surface area contributed by atoms with E-state index in [1.165, 1.54) is 0 Å². The molecule has 1 aromatic carbocycles. The summed E-state index contributed by atoms with van der Waals surface area (Å²) in [5.74, 6) is 0.530. The van der Waals surface area contributed by atoms with Crippen molar-refractivity contribution in [3.63, 3.8) is 0 Å². The molecular weight excluding hydrogens is 418 g/mol. The number of aromatic nitrogens is 2. The number of H-pyrrole nitrogens is 1. The Kier molecular flexibility index (Phi) is 3.89. The molecule has 88 valence electrons. The summed E-state index contributed by atoms with van der Waals surface area (Å²) in [5, 5.41) is 0.585. The van der Waals surface area contributed by atoms with Crippen LogP contribution in [0.2, 0.25) is 5.02 Å². The number of nitrogens with zero attached hydrogens (tertiary/aromatic N) is 1. The first kappa shape index (κ1) is 13.0. The van der Waals surface area contributed by atoms with Gasteiger partial charge in [0.1, 0.15) is 5.82 Å². The number of aryl methyl sites for hydroxylation is 1. The summed E-state index contributed by atoms with van der Waals surface area (Å²) in [6.45, 7) is 1.81. The maximum Gasteiger partial charge on any atom is 0.264 e. The molecule has 0 bridgehead atoms. The topological polar surface area (TPSA) is 45.8 Å². The van der Waals surface area contributed by atoms with E-state index >= 15 is 0 Å². The Hall–Kier alpha value is -0.400. The molecule has 17 heavy (non-hydrogen) atoms. The van der Waals surface area contributed by atoms with Gasteiger partial charge in [0, 0.05) is 10.0 Å². The zero-order valence-corrected chi connectivity index (χ0v) is 13.2. The van der Waals surface area contributed by atoms with Gasteiger partial charge >= 0.3 is 0 Å². The molecule has 2 aromatic rings. The maximum absolute atomic E-state index is 11.6. The van der Waals surface area contributed by atoms with E-state index in [-0.39, 0.29) is 5.56 Å². The van der Waals surface area contributed by atoms with E-state index < -0.39 is 0 Å². The number of benzene rings is 1. The van der Waals surface area contributed by atoms with E-state index in [0.29, 0.717) is 20.1 Å². The predicted octanol–water partition coefficient (Wildman–Crippen LogP) is 3.77. The van der Waals surface area contributed by atoms with Crippen LogP contribution in [0, 0.1) is 10.5 Å². The summed E-state index contributed by atoms with van der Waals surface area (Å²) in [4.78, 5) is 18.7. The van der Waals surface area contributed by atoms with Crippen LogP contribution in [0.1, 0.15) is 5.69 Å². The highest BCUT2D eigenvalue weighted by Crippen LogP contribution is 2.27. The second-order valence-corrected chi connectivity index (χ2v) is 5.78. The van der Waals surface area contributed by atoms with Gasteiger partial charge in [0.05, 0.1) is 14.3 Å². The van der Waals surface area contributed by atoms with Gasteiger partial charge in [-0.3, -0.25) is 4.79 Å². The highest BCUT2D eigenvalue weighted by Gasteiger charge is 2.08. The fraction of sp³-hybridized carbons (Fsp3) is 0.0909. The summed E-state index contributed by atoms with van der Waals surface area (Å²) >= 11 is 11.3. The van der Waals surface area contributed by atoms with Gasteiger partial charge in [0.25, 0.3) is 5.56 Å². The molecule has 0 radical (unpaired) electrons. The van der Waals surface area contributed by atoms with Gasteiger partial charge < -0.3 is 4.98 Å². The third kappa shape index (κ3) is 2.71. The Morgan fingerprint density at radius 1 is 1.47 bits per heavy atom. The number of halogens is 3. The van der Waals surface area contributed by atoms with Crippen LogP contribution in [0.3, 0.4) is 0 Å². The number of rotatable bonds is 1. The first-order valence-electron chi connectivity index (χ1n) is 4.71. The molecule has 1 N–H and O–H groups in total. The van der Waals surface area contributed by atoms with Gasteiger partial charge in [-0.1, -0.05) is 17.7 Å². The van der Waals surface area contributed by atoms with Crippen molar-refractivity contribution in [2.75, 3.05) is 0 Å². The van der Waals surface area contributed by atoms with Crippen LogP contribution in [0.4, 0.5) is 0 Å². The summed E-state index contributed by atoms with van der Waals surface area (Å²) in [6, 6.07) is 5.43. The first-order chi connectivity index (χ1) is 7.99. The predicted molar refractivity (Wildman–Crippen MR) is 80.5 cm³/mol. The molecule has 2 rings (SSSR count). The van der Waals surface area contributed by atoms with Gasteiger partial charge in [-0.2, -0.15) is 0 Å². The average molecular weight is 425 g/mol. The van der Waals surface area contributed by atoms with Crippen LogP contribution in [-0.2, 0) is 0 Å². The lowest BCUT2D eigenvalue weighted by Crippen LogP contribution is -2.14. The average Bonchev–Trinajstić information content (AvgIpc) is 2.29. The minimum atomic E-state index is -0.132. The summed E-state index contributed by atoms with van der Waals surface area (Å²) < 4.78 is 1.42. The molecule has 0 fully saturated rings. The summed E-state index contributed by atoms with van der Waals surface area (Å²) in [7, 11) is 0. The van der Waals surface area contributed by atoms with Gasteiger partial charge in [-0.25, -0.2) is 4.98 Å². The summed E-state index contributed by atoms with van der Waals surface area (Å²) in [6.07, 6.45) is 0. The lowest BCUT2D eigenvalue weighted by Gasteiger charge is -2.04. The molecule has 0 saturated carbocycles. The zero-order valence-electron chi connectivity index (χ0n) is 8.72. The van der Waals surface area contributed by atoms with Gasteiger partial charge in [-0.05, 0) is 57.6 Å². The highest BCUT2D eigenvalue weighted by atomic mass is 127. The highest BCUT2D eigenvalue weighted by molar-refractivity contribution is 14.1. The standard InChI is InChI=1S/C11H7BrClIN2O/c1-5-9(14)11(17)16-10(15-5)6-2-3-7(12)8(13)4-6/h2-4H,1H3,(H,15,16,17). The molecule has 0 atom stereocenters.